The first-order chi connectivity index (χ1) is 9.72. The lowest BCUT2D eigenvalue weighted by Crippen LogP contribution is -2.12. The molecule has 3 rings (SSSR count). The molecule has 20 heavy (non-hydrogen) atoms. The molecule has 3 aromatic rings. The summed E-state index contributed by atoms with van der Waals surface area (Å²) >= 11 is 5.74. The smallest absolute Gasteiger partial charge is 0.141 e. The van der Waals surface area contributed by atoms with Crippen molar-refractivity contribution in [3.63, 3.8) is 0 Å². The minimum atomic E-state index is -0.396. The average molecular weight is 290 g/mol. The maximum atomic E-state index is 13.0. The maximum Gasteiger partial charge on any atom is 0.141 e. The third-order valence-corrected chi connectivity index (χ3v) is 3.38. The predicted molar refractivity (Wildman–Crippen MR) is 78.2 cm³/mol. The molecule has 1 aromatic heterocycles. The molecular formula is C16H13ClFNO. The van der Waals surface area contributed by atoms with E-state index in [9.17, 15) is 4.39 Å². The number of hydrogen-bond donors (Lipinski definition) is 1. The quantitative estimate of drug-likeness (QED) is 0.764. The first-order valence-electron chi connectivity index (χ1n) is 6.34. The Labute approximate surface area is 121 Å². The van der Waals surface area contributed by atoms with Crippen LogP contribution in [-0.4, -0.2) is 0 Å². The molecule has 2 aromatic carbocycles. The summed E-state index contributed by atoms with van der Waals surface area (Å²) in [6.45, 7) is 1.22. The summed E-state index contributed by atoms with van der Waals surface area (Å²) in [7, 11) is 0. The molecule has 0 bridgehead atoms. The van der Waals surface area contributed by atoms with Gasteiger partial charge in [0.2, 0.25) is 0 Å². The van der Waals surface area contributed by atoms with Crippen molar-refractivity contribution in [2.75, 3.05) is 0 Å². The number of rotatable bonds is 4. The highest BCUT2D eigenvalue weighted by Crippen LogP contribution is 2.19. The molecule has 0 radical (unpaired) electrons. The molecule has 0 fully saturated rings. The van der Waals surface area contributed by atoms with Gasteiger partial charge < -0.3 is 9.73 Å². The van der Waals surface area contributed by atoms with Crippen molar-refractivity contribution in [1.29, 1.82) is 0 Å². The first kappa shape index (κ1) is 13.2. The Morgan fingerprint density at radius 3 is 2.70 bits per heavy atom. The van der Waals surface area contributed by atoms with Crippen LogP contribution in [0.15, 0.2) is 52.9 Å². The van der Waals surface area contributed by atoms with Gasteiger partial charge in [-0.15, -0.1) is 0 Å². The lowest BCUT2D eigenvalue weighted by atomic mass is 10.2. The van der Waals surface area contributed by atoms with Crippen LogP contribution in [0.2, 0.25) is 5.02 Å². The fourth-order valence-electron chi connectivity index (χ4n) is 2.10. The molecule has 0 unspecified atom stereocenters. The second-order valence-corrected chi connectivity index (χ2v) is 5.01. The molecule has 4 heteroatoms. The van der Waals surface area contributed by atoms with Crippen LogP contribution < -0.4 is 5.32 Å². The Hall–Kier alpha value is -1.84. The highest BCUT2D eigenvalue weighted by Gasteiger charge is 2.04. The monoisotopic (exact) mass is 289 g/mol. The summed E-state index contributed by atoms with van der Waals surface area (Å²) in [5.74, 6) is 0.479. The average Bonchev–Trinajstić information content (AvgIpc) is 2.85. The zero-order valence-electron chi connectivity index (χ0n) is 10.7. The molecule has 1 N–H and O–H groups in total. The number of fused-ring (bicyclic) bond motifs is 1. The van der Waals surface area contributed by atoms with Crippen molar-refractivity contribution in [2.45, 2.75) is 13.1 Å². The van der Waals surface area contributed by atoms with Gasteiger partial charge in [0.15, 0.2) is 0 Å². The largest absolute Gasteiger partial charge is 0.460 e. The number of furan rings is 1. The number of benzene rings is 2. The van der Waals surface area contributed by atoms with Gasteiger partial charge in [0.1, 0.15) is 17.2 Å². The maximum absolute atomic E-state index is 13.0. The zero-order chi connectivity index (χ0) is 13.9. The Kier molecular flexibility index (Phi) is 3.72. The van der Waals surface area contributed by atoms with Crippen molar-refractivity contribution in [3.05, 3.63) is 70.7 Å². The first-order valence-corrected chi connectivity index (χ1v) is 6.72. The Balaban J connectivity index is 1.63. The van der Waals surface area contributed by atoms with Gasteiger partial charge >= 0.3 is 0 Å². The van der Waals surface area contributed by atoms with Crippen LogP contribution in [0.4, 0.5) is 4.39 Å². The molecule has 0 amide bonds. The number of hydrogen-bond acceptors (Lipinski definition) is 2. The second-order valence-electron chi connectivity index (χ2n) is 4.60. The highest BCUT2D eigenvalue weighted by atomic mass is 35.5. The van der Waals surface area contributed by atoms with E-state index in [1.165, 1.54) is 6.07 Å². The summed E-state index contributed by atoms with van der Waals surface area (Å²) in [5, 5.41) is 4.49. The van der Waals surface area contributed by atoms with Crippen LogP contribution in [0.3, 0.4) is 0 Å². The van der Waals surface area contributed by atoms with Crippen LogP contribution in [0.1, 0.15) is 11.3 Å². The molecule has 0 spiro atoms. The number of nitrogens with one attached hydrogen (secondary N) is 1. The summed E-state index contributed by atoms with van der Waals surface area (Å²) in [6.07, 6.45) is 0. The van der Waals surface area contributed by atoms with Crippen LogP contribution in [0.5, 0.6) is 0 Å². The van der Waals surface area contributed by atoms with E-state index in [1.54, 1.807) is 12.1 Å². The van der Waals surface area contributed by atoms with E-state index in [4.69, 9.17) is 16.0 Å². The summed E-state index contributed by atoms with van der Waals surface area (Å²) in [4.78, 5) is 0. The molecule has 0 aliphatic heterocycles. The van der Waals surface area contributed by atoms with E-state index >= 15 is 0 Å². The van der Waals surface area contributed by atoms with Gasteiger partial charge in [-0.05, 0) is 29.8 Å². The lowest BCUT2D eigenvalue weighted by molar-refractivity contribution is 0.513. The predicted octanol–water partition coefficient (Wildman–Crippen LogP) is 4.52. The molecular weight excluding hydrogens is 277 g/mol. The second kappa shape index (κ2) is 5.65. The normalized spacial score (nSPS) is 11.1. The van der Waals surface area contributed by atoms with E-state index in [0.717, 1.165) is 22.3 Å². The van der Waals surface area contributed by atoms with Crippen LogP contribution in [-0.2, 0) is 13.1 Å². The van der Waals surface area contributed by atoms with Gasteiger partial charge in [0, 0.05) is 11.9 Å². The highest BCUT2D eigenvalue weighted by molar-refractivity contribution is 6.30. The molecule has 0 aliphatic carbocycles. The fourth-order valence-corrected chi connectivity index (χ4v) is 2.31. The molecule has 1 heterocycles. The number of para-hydroxylation sites is 1. The van der Waals surface area contributed by atoms with Gasteiger partial charge in [-0.3, -0.25) is 0 Å². The topological polar surface area (TPSA) is 25.2 Å². The van der Waals surface area contributed by atoms with Crippen molar-refractivity contribution in [1.82, 2.24) is 5.32 Å². The van der Waals surface area contributed by atoms with E-state index < -0.39 is 5.82 Å². The molecule has 0 aliphatic rings. The summed E-state index contributed by atoms with van der Waals surface area (Å²) in [6, 6.07) is 14.6. The minimum absolute atomic E-state index is 0.146. The van der Waals surface area contributed by atoms with E-state index in [1.807, 2.05) is 30.3 Å². The van der Waals surface area contributed by atoms with Gasteiger partial charge in [-0.2, -0.15) is 0 Å². The Morgan fingerprint density at radius 1 is 1.05 bits per heavy atom. The third kappa shape index (κ3) is 2.84. The Morgan fingerprint density at radius 2 is 1.90 bits per heavy atom. The standard InChI is InChI=1S/C16H13ClFNO/c17-14-7-11(5-6-15(14)18)9-19-10-13-8-12-3-1-2-4-16(12)20-13/h1-8,19H,9-10H2. The fraction of sp³-hybridized carbons (Fsp3) is 0.125. The van der Waals surface area contributed by atoms with Gasteiger partial charge in [-0.1, -0.05) is 35.9 Å². The SMILES string of the molecule is Fc1ccc(CNCc2cc3ccccc3o2)cc1Cl. The van der Waals surface area contributed by atoms with E-state index in [2.05, 4.69) is 5.32 Å². The van der Waals surface area contributed by atoms with Crippen molar-refractivity contribution in [3.8, 4) is 0 Å². The van der Waals surface area contributed by atoms with E-state index in [-0.39, 0.29) is 5.02 Å². The minimum Gasteiger partial charge on any atom is -0.460 e. The molecule has 0 saturated carbocycles. The van der Waals surface area contributed by atoms with Crippen LogP contribution in [0.25, 0.3) is 11.0 Å². The van der Waals surface area contributed by atoms with Gasteiger partial charge in [0.05, 0.1) is 11.6 Å². The number of halogens is 2. The van der Waals surface area contributed by atoms with Gasteiger partial charge in [0.25, 0.3) is 0 Å². The molecule has 0 saturated heterocycles. The molecule has 102 valence electrons. The summed E-state index contributed by atoms with van der Waals surface area (Å²) in [5.41, 5.74) is 1.82. The van der Waals surface area contributed by atoms with Crippen LogP contribution >= 0.6 is 11.6 Å². The van der Waals surface area contributed by atoms with Crippen molar-refractivity contribution >= 4 is 22.6 Å². The zero-order valence-corrected chi connectivity index (χ0v) is 11.5. The van der Waals surface area contributed by atoms with Gasteiger partial charge in [-0.25, -0.2) is 4.39 Å². The molecule has 2 nitrogen and oxygen atoms in total. The van der Waals surface area contributed by atoms with Crippen molar-refractivity contribution < 1.29 is 8.81 Å². The third-order valence-electron chi connectivity index (χ3n) is 3.09. The van der Waals surface area contributed by atoms with E-state index in [0.29, 0.717) is 13.1 Å². The van der Waals surface area contributed by atoms with Crippen LogP contribution in [0, 0.1) is 5.82 Å². The molecule has 0 atom stereocenters. The Bertz CT molecular complexity index is 705. The lowest BCUT2D eigenvalue weighted by Gasteiger charge is -2.04. The summed E-state index contributed by atoms with van der Waals surface area (Å²) < 4.78 is 18.7. The van der Waals surface area contributed by atoms with Crippen molar-refractivity contribution in [2.24, 2.45) is 0 Å².